The van der Waals surface area contributed by atoms with Gasteiger partial charge in [0, 0.05) is 12.6 Å². The fourth-order valence-electron chi connectivity index (χ4n) is 3.45. The van der Waals surface area contributed by atoms with Crippen LogP contribution in [0.4, 0.5) is 4.79 Å². The zero-order valence-electron chi connectivity index (χ0n) is 14.1. The van der Waals surface area contributed by atoms with Gasteiger partial charge in [0.05, 0.1) is 0 Å². The Labute approximate surface area is 137 Å². The summed E-state index contributed by atoms with van der Waals surface area (Å²) in [6.07, 6.45) is 5.96. The highest BCUT2D eigenvalue weighted by Crippen LogP contribution is 2.35. The van der Waals surface area contributed by atoms with Gasteiger partial charge >= 0.3 is 6.03 Å². The zero-order chi connectivity index (χ0) is 17.0. The number of carbonyl (C=O) groups is 3. The molecule has 23 heavy (non-hydrogen) atoms. The van der Waals surface area contributed by atoms with E-state index in [1.165, 1.54) is 0 Å². The second-order valence-corrected chi connectivity index (χ2v) is 6.65. The highest BCUT2D eigenvalue weighted by molar-refractivity contribution is 6.09. The standard InChI is InChI=1S/C16H28N4O3/c1-3-4-7-12(10-17)18-13(21)11(2)20-14(22)16(19-15(20)23)8-5-6-9-16/h11-12H,3-10,17H2,1-2H3,(H,18,21)(H,19,23). The van der Waals surface area contributed by atoms with Gasteiger partial charge in [-0.1, -0.05) is 32.6 Å². The van der Waals surface area contributed by atoms with Gasteiger partial charge < -0.3 is 16.4 Å². The van der Waals surface area contributed by atoms with Crippen molar-refractivity contribution in [2.24, 2.45) is 5.73 Å². The van der Waals surface area contributed by atoms with Crippen LogP contribution in [0.5, 0.6) is 0 Å². The molecule has 7 heteroatoms. The van der Waals surface area contributed by atoms with E-state index in [1.807, 2.05) is 0 Å². The number of carbonyl (C=O) groups excluding carboxylic acids is 3. The summed E-state index contributed by atoms with van der Waals surface area (Å²) in [5.74, 6) is -0.587. The summed E-state index contributed by atoms with van der Waals surface area (Å²) < 4.78 is 0. The lowest BCUT2D eigenvalue weighted by atomic mass is 9.97. The molecule has 7 nitrogen and oxygen atoms in total. The molecule has 1 heterocycles. The minimum absolute atomic E-state index is 0.119. The monoisotopic (exact) mass is 324 g/mol. The molecule has 0 aromatic rings. The number of rotatable bonds is 7. The van der Waals surface area contributed by atoms with Gasteiger partial charge in [-0.3, -0.25) is 9.59 Å². The van der Waals surface area contributed by atoms with Crippen LogP contribution in [0.2, 0.25) is 0 Å². The number of nitrogens with two attached hydrogens (primary N) is 1. The van der Waals surface area contributed by atoms with Crippen LogP contribution in [0.25, 0.3) is 0 Å². The van der Waals surface area contributed by atoms with Crippen LogP contribution >= 0.6 is 0 Å². The molecule has 0 aromatic heterocycles. The van der Waals surface area contributed by atoms with Crippen molar-refractivity contribution in [2.45, 2.75) is 76.4 Å². The third-order valence-corrected chi connectivity index (χ3v) is 4.95. The van der Waals surface area contributed by atoms with Crippen molar-refractivity contribution < 1.29 is 14.4 Å². The Morgan fingerprint density at radius 2 is 2.04 bits per heavy atom. The number of amides is 4. The highest BCUT2D eigenvalue weighted by atomic mass is 16.2. The summed E-state index contributed by atoms with van der Waals surface area (Å²) in [7, 11) is 0. The second kappa shape index (κ2) is 7.29. The molecule has 0 radical (unpaired) electrons. The molecule has 2 atom stereocenters. The van der Waals surface area contributed by atoms with Crippen molar-refractivity contribution >= 4 is 17.8 Å². The topological polar surface area (TPSA) is 105 Å². The maximum absolute atomic E-state index is 12.7. The minimum Gasteiger partial charge on any atom is -0.350 e. The van der Waals surface area contributed by atoms with E-state index in [9.17, 15) is 14.4 Å². The highest BCUT2D eigenvalue weighted by Gasteiger charge is 2.54. The fraction of sp³-hybridized carbons (Fsp3) is 0.812. The Morgan fingerprint density at radius 1 is 1.39 bits per heavy atom. The van der Waals surface area contributed by atoms with Crippen molar-refractivity contribution in [1.29, 1.82) is 0 Å². The molecule has 0 bridgehead atoms. The lowest BCUT2D eigenvalue weighted by molar-refractivity contribution is -0.138. The fourth-order valence-corrected chi connectivity index (χ4v) is 3.45. The molecule has 1 aliphatic heterocycles. The molecule has 1 spiro atoms. The van der Waals surface area contributed by atoms with E-state index < -0.39 is 17.6 Å². The smallest absolute Gasteiger partial charge is 0.325 e. The van der Waals surface area contributed by atoms with Gasteiger partial charge in [-0.15, -0.1) is 0 Å². The summed E-state index contributed by atoms with van der Waals surface area (Å²) in [4.78, 5) is 38.4. The molecule has 2 rings (SSSR count). The van der Waals surface area contributed by atoms with E-state index in [2.05, 4.69) is 17.6 Å². The van der Waals surface area contributed by atoms with E-state index >= 15 is 0 Å². The molecular formula is C16H28N4O3. The molecule has 2 aliphatic rings. The number of nitrogens with one attached hydrogen (secondary N) is 2. The SMILES string of the molecule is CCCCC(CN)NC(=O)C(C)N1C(=O)NC2(CCCC2)C1=O. The third-order valence-electron chi connectivity index (χ3n) is 4.95. The van der Waals surface area contributed by atoms with Crippen molar-refractivity contribution in [3.63, 3.8) is 0 Å². The molecule has 4 N–H and O–H groups in total. The van der Waals surface area contributed by atoms with E-state index in [0.29, 0.717) is 19.4 Å². The Morgan fingerprint density at radius 3 is 2.61 bits per heavy atom. The number of imide groups is 1. The van der Waals surface area contributed by atoms with Gasteiger partial charge in [0.2, 0.25) is 5.91 Å². The average molecular weight is 324 g/mol. The van der Waals surface area contributed by atoms with Crippen LogP contribution in [0.15, 0.2) is 0 Å². The van der Waals surface area contributed by atoms with Gasteiger partial charge in [-0.05, 0) is 26.2 Å². The van der Waals surface area contributed by atoms with Crippen LogP contribution in [0, 0.1) is 0 Å². The number of nitrogens with zero attached hydrogens (tertiary/aromatic N) is 1. The van der Waals surface area contributed by atoms with Crippen molar-refractivity contribution in [1.82, 2.24) is 15.5 Å². The van der Waals surface area contributed by atoms with E-state index in [1.54, 1.807) is 6.92 Å². The lowest BCUT2D eigenvalue weighted by Crippen LogP contribution is -2.52. The van der Waals surface area contributed by atoms with Gasteiger partial charge in [0.25, 0.3) is 5.91 Å². The molecular weight excluding hydrogens is 296 g/mol. The summed E-state index contributed by atoms with van der Waals surface area (Å²) >= 11 is 0. The second-order valence-electron chi connectivity index (χ2n) is 6.65. The normalized spacial score (nSPS) is 22.3. The first-order valence-electron chi connectivity index (χ1n) is 8.61. The summed E-state index contributed by atoms with van der Waals surface area (Å²) in [6, 6.07) is -1.40. The summed E-state index contributed by atoms with van der Waals surface area (Å²) in [6.45, 7) is 4.02. The minimum atomic E-state index is -0.821. The average Bonchev–Trinajstić information content (AvgIpc) is 3.09. The zero-order valence-corrected chi connectivity index (χ0v) is 14.1. The molecule has 0 aromatic carbocycles. The predicted molar refractivity (Wildman–Crippen MR) is 86.5 cm³/mol. The first-order valence-corrected chi connectivity index (χ1v) is 8.61. The Hall–Kier alpha value is -1.63. The van der Waals surface area contributed by atoms with Crippen molar-refractivity contribution in [2.75, 3.05) is 6.54 Å². The molecule has 2 fully saturated rings. The van der Waals surface area contributed by atoms with E-state index in [4.69, 9.17) is 5.73 Å². The van der Waals surface area contributed by atoms with Crippen molar-refractivity contribution in [3.8, 4) is 0 Å². The van der Waals surface area contributed by atoms with Crippen LogP contribution in [-0.4, -0.2) is 46.9 Å². The first kappa shape index (κ1) is 17.7. The van der Waals surface area contributed by atoms with Gasteiger partial charge in [-0.25, -0.2) is 9.69 Å². The summed E-state index contributed by atoms with van der Waals surface area (Å²) in [5.41, 5.74) is 4.91. The molecule has 2 unspecified atom stereocenters. The molecule has 130 valence electrons. The number of unbranched alkanes of at least 4 members (excludes halogenated alkanes) is 1. The first-order chi connectivity index (χ1) is 10.9. The van der Waals surface area contributed by atoms with Crippen LogP contribution < -0.4 is 16.4 Å². The molecule has 1 saturated carbocycles. The predicted octanol–water partition coefficient (Wildman–Crippen LogP) is 0.873. The molecule has 4 amide bonds. The lowest BCUT2D eigenvalue weighted by Gasteiger charge is -2.25. The quantitative estimate of drug-likeness (QED) is 0.604. The van der Waals surface area contributed by atoms with E-state index in [0.717, 1.165) is 37.0 Å². The van der Waals surface area contributed by atoms with E-state index in [-0.39, 0.29) is 17.9 Å². The van der Waals surface area contributed by atoms with Gasteiger partial charge in [-0.2, -0.15) is 0 Å². The van der Waals surface area contributed by atoms with Gasteiger partial charge in [0.15, 0.2) is 0 Å². The van der Waals surface area contributed by atoms with Crippen LogP contribution in [-0.2, 0) is 9.59 Å². The Kier molecular flexibility index (Phi) is 5.62. The number of urea groups is 1. The van der Waals surface area contributed by atoms with Crippen LogP contribution in [0.3, 0.4) is 0 Å². The number of hydrogen-bond donors (Lipinski definition) is 3. The molecule has 1 aliphatic carbocycles. The maximum Gasteiger partial charge on any atom is 0.325 e. The summed E-state index contributed by atoms with van der Waals surface area (Å²) in [5, 5.41) is 5.66. The van der Waals surface area contributed by atoms with Crippen LogP contribution in [0.1, 0.15) is 58.8 Å². The molecule has 1 saturated heterocycles. The largest absolute Gasteiger partial charge is 0.350 e. The maximum atomic E-state index is 12.7. The third kappa shape index (κ3) is 3.49. The van der Waals surface area contributed by atoms with Crippen molar-refractivity contribution in [3.05, 3.63) is 0 Å². The Balaban J connectivity index is 2.01. The Bertz CT molecular complexity index is 474. The number of hydrogen-bond acceptors (Lipinski definition) is 4. The van der Waals surface area contributed by atoms with Gasteiger partial charge in [0.1, 0.15) is 11.6 Å².